The van der Waals surface area contributed by atoms with E-state index in [0.29, 0.717) is 18.0 Å². The fraction of sp³-hybridized carbons (Fsp3) is 0.375. The van der Waals surface area contributed by atoms with Gasteiger partial charge in [0.2, 0.25) is 15.9 Å². The molecule has 0 saturated heterocycles. The van der Waals surface area contributed by atoms with E-state index in [1.807, 2.05) is 19.2 Å². The van der Waals surface area contributed by atoms with E-state index in [0.717, 1.165) is 5.01 Å². The normalized spacial score (nSPS) is 13.0. The second-order valence-corrected chi connectivity index (χ2v) is 8.52. The van der Waals surface area contributed by atoms with Crippen LogP contribution in [0.3, 0.4) is 0 Å². The zero-order chi connectivity index (χ0) is 17.7. The molecule has 1 atom stereocenters. The van der Waals surface area contributed by atoms with Crippen LogP contribution in [0.4, 0.5) is 5.69 Å². The smallest absolute Gasteiger partial charge is 0.241 e. The van der Waals surface area contributed by atoms with Crippen molar-refractivity contribution in [3.05, 3.63) is 40.8 Å². The summed E-state index contributed by atoms with van der Waals surface area (Å²) in [5.41, 5.74) is 0.556. The number of amides is 1. The molecule has 130 valence electrons. The molecule has 0 aliphatic carbocycles. The molecule has 1 aromatic carbocycles. The fourth-order valence-corrected chi connectivity index (χ4v) is 4.24. The first-order chi connectivity index (χ1) is 11.3. The number of benzene rings is 1. The van der Waals surface area contributed by atoms with Gasteiger partial charge in [-0.2, -0.15) is 0 Å². The van der Waals surface area contributed by atoms with Gasteiger partial charge >= 0.3 is 0 Å². The molecule has 0 aliphatic rings. The minimum atomic E-state index is -3.67. The van der Waals surface area contributed by atoms with Crippen molar-refractivity contribution < 1.29 is 13.2 Å². The minimum Gasteiger partial charge on any atom is -0.326 e. The molecule has 2 aromatic rings. The number of nitrogens with zero attached hydrogens (tertiary/aromatic N) is 1. The SMILES string of the molecule is CC(=O)Nc1ccc(S(=O)(=O)NC(CC(C)C)c2nccs2)cc1. The Hall–Kier alpha value is -1.77. The van der Waals surface area contributed by atoms with Gasteiger partial charge in [0.1, 0.15) is 5.01 Å². The molecule has 2 rings (SSSR count). The number of hydrogen-bond donors (Lipinski definition) is 2. The first kappa shape index (κ1) is 18.6. The van der Waals surface area contributed by atoms with E-state index in [4.69, 9.17) is 0 Å². The lowest BCUT2D eigenvalue weighted by molar-refractivity contribution is -0.114. The van der Waals surface area contributed by atoms with Crippen LogP contribution in [0.1, 0.15) is 38.2 Å². The molecule has 1 amide bonds. The van der Waals surface area contributed by atoms with Gasteiger partial charge in [-0.1, -0.05) is 13.8 Å². The molecule has 1 unspecified atom stereocenters. The average Bonchev–Trinajstić information content (AvgIpc) is 3.00. The quantitative estimate of drug-likeness (QED) is 0.787. The van der Waals surface area contributed by atoms with E-state index < -0.39 is 10.0 Å². The van der Waals surface area contributed by atoms with E-state index in [2.05, 4.69) is 15.0 Å². The Morgan fingerprint density at radius 1 is 1.25 bits per heavy atom. The van der Waals surface area contributed by atoms with Crippen LogP contribution >= 0.6 is 11.3 Å². The van der Waals surface area contributed by atoms with Gasteiger partial charge in [-0.3, -0.25) is 4.79 Å². The highest BCUT2D eigenvalue weighted by atomic mass is 32.2. The summed E-state index contributed by atoms with van der Waals surface area (Å²) >= 11 is 1.43. The second kappa shape index (κ2) is 7.87. The Kier molecular flexibility index (Phi) is 6.09. The molecule has 24 heavy (non-hydrogen) atoms. The Labute approximate surface area is 146 Å². The maximum Gasteiger partial charge on any atom is 0.241 e. The van der Waals surface area contributed by atoms with E-state index in [1.165, 1.54) is 30.4 Å². The van der Waals surface area contributed by atoms with Crippen molar-refractivity contribution in [3.63, 3.8) is 0 Å². The highest BCUT2D eigenvalue weighted by Crippen LogP contribution is 2.25. The van der Waals surface area contributed by atoms with Crippen molar-refractivity contribution in [1.82, 2.24) is 9.71 Å². The molecule has 0 bridgehead atoms. The van der Waals surface area contributed by atoms with Crippen molar-refractivity contribution >= 4 is 33.0 Å². The summed E-state index contributed by atoms with van der Waals surface area (Å²) in [4.78, 5) is 15.4. The maximum atomic E-state index is 12.6. The minimum absolute atomic E-state index is 0.155. The second-order valence-electron chi connectivity index (χ2n) is 5.88. The molecule has 0 saturated carbocycles. The Bertz CT molecular complexity index is 769. The van der Waals surface area contributed by atoms with Gasteiger partial charge < -0.3 is 5.32 Å². The maximum absolute atomic E-state index is 12.6. The third kappa shape index (κ3) is 5.12. The highest BCUT2D eigenvalue weighted by molar-refractivity contribution is 7.89. The number of nitrogens with one attached hydrogen (secondary N) is 2. The predicted octanol–water partition coefficient (Wildman–Crippen LogP) is 3.17. The molecular formula is C16H21N3O3S2. The van der Waals surface area contributed by atoms with Gasteiger partial charge in [0, 0.05) is 24.2 Å². The molecule has 0 spiro atoms. The number of hydrogen-bond acceptors (Lipinski definition) is 5. The lowest BCUT2D eigenvalue weighted by Crippen LogP contribution is -2.29. The molecule has 2 N–H and O–H groups in total. The molecule has 0 fully saturated rings. The van der Waals surface area contributed by atoms with Crippen LogP contribution in [0, 0.1) is 5.92 Å². The van der Waals surface area contributed by atoms with Gasteiger partial charge in [-0.05, 0) is 36.6 Å². The Morgan fingerprint density at radius 2 is 1.92 bits per heavy atom. The van der Waals surface area contributed by atoms with Crippen LogP contribution in [-0.4, -0.2) is 19.3 Å². The van der Waals surface area contributed by atoms with Gasteiger partial charge in [0.15, 0.2) is 0 Å². The molecule has 0 radical (unpaired) electrons. The van der Waals surface area contributed by atoms with E-state index in [1.54, 1.807) is 18.3 Å². The van der Waals surface area contributed by atoms with Crippen molar-refractivity contribution in [2.24, 2.45) is 5.92 Å². The molecule has 1 aromatic heterocycles. The molecule has 8 heteroatoms. The number of aromatic nitrogens is 1. The average molecular weight is 367 g/mol. The van der Waals surface area contributed by atoms with Crippen molar-refractivity contribution in [2.75, 3.05) is 5.32 Å². The van der Waals surface area contributed by atoms with E-state index >= 15 is 0 Å². The molecule has 1 heterocycles. The van der Waals surface area contributed by atoms with Crippen LogP contribution in [-0.2, 0) is 14.8 Å². The summed E-state index contributed by atoms with van der Waals surface area (Å²) in [5.74, 6) is 0.119. The first-order valence-corrected chi connectivity index (χ1v) is 9.93. The van der Waals surface area contributed by atoms with Gasteiger partial charge in [0.05, 0.1) is 10.9 Å². The van der Waals surface area contributed by atoms with Gasteiger partial charge in [-0.15, -0.1) is 11.3 Å². The first-order valence-electron chi connectivity index (χ1n) is 7.57. The number of carbonyl (C=O) groups is 1. The summed E-state index contributed by atoms with van der Waals surface area (Å²) in [6.45, 7) is 5.48. The summed E-state index contributed by atoms with van der Waals surface area (Å²) in [6.07, 6.45) is 2.33. The summed E-state index contributed by atoms with van der Waals surface area (Å²) < 4.78 is 28.0. The number of rotatable bonds is 7. The van der Waals surface area contributed by atoms with Gasteiger partial charge in [0.25, 0.3) is 0 Å². The summed E-state index contributed by atoms with van der Waals surface area (Å²) in [6, 6.07) is 5.72. The molecule has 6 nitrogen and oxygen atoms in total. The van der Waals surface area contributed by atoms with E-state index in [-0.39, 0.29) is 16.8 Å². The van der Waals surface area contributed by atoms with Crippen LogP contribution in [0.5, 0.6) is 0 Å². The summed E-state index contributed by atoms with van der Waals surface area (Å²) in [5, 5.41) is 5.19. The lowest BCUT2D eigenvalue weighted by Gasteiger charge is -2.18. The molecule has 0 aliphatic heterocycles. The summed E-state index contributed by atoms with van der Waals surface area (Å²) in [7, 11) is -3.67. The standard InChI is InChI=1S/C16H21N3O3S2/c1-11(2)10-15(16-17-8-9-23-16)19-24(21,22)14-6-4-13(5-7-14)18-12(3)20/h4-9,11,15,19H,10H2,1-3H3,(H,18,20). The van der Waals surface area contributed by atoms with Crippen LogP contribution in [0.2, 0.25) is 0 Å². The third-order valence-corrected chi connectivity index (χ3v) is 5.62. The van der Waals surface area contributed by atoms with Crippen molar-refractivity contribution in [1.29, 1.82) is 0 Å². The largest absolute Gasteiger partial charge is 0.326 e. The third-order valence-electron chi connectivity index (χ3n) is 3.24. The molecular weight excluding hydrogens is 346 g/mol. The zero-order valence-corrected chi connectivity index (χ0v) is 15.4. The zero-order valence-electron chi connectivity index (χ0n) is 13.8. The highest BCUT2D eigenvalue weighted by Gasteiger charge is 2.24. The number of carbonyl (C=O) groups excluding carboxylic acids is 1. The lowest BCUT2D eigenvalue weighted by atomic mass is 10.1. The van der Waals surface area contributed by atoms with Crippen LogP contribution in [0.25, 0.3) is 0 Å². The number of thiazole rings is 1. The van der Waals surface area contributed by atoms with Crippen LogP contribution < -0.4 is 10.0 Å². The fourth-order valence-electron chi connectivity index (χ4n) is 2.25. The topological polar surface area (TPSA) is 88.2 Å². The number of sulfonamides is 1. The monoisotopic (exact) mass is 367 g/mol. The Balaban J connectivity index is 2.20. The van der Waals surface area contributed by atoms with Gasteiger partial charge in [-0.25, -0.2) is 18.1 Å². The number of anilines is 1. The van der Waals surface area contributed by atoms with Crippen LogP contribution in [0.15, 0.2) is 40.7 Å². The van der Waals surface area contributed by atoms with Crippen molar-refractivity contribution in [3.8, 4) is 0 Å². The van der Waals surface area contributed by atoms with Crippen molar-refractivity contribution in [2.45, 2.75) is 38.1 Å². The van der Waals surface area contributed by atoms with E-state index in [9.17, 15) is 13.2 Å². The predicted molar refractivity (Wildman–Crippen MR) is 95.4 cm³/mol. The Morgan fingerprint density at radius 3 is 2.42 bits per heavy atom.